The Morgan fingerprint density at radius 2 is 1.57 bits per heavy atom. The van der Waals surface area contributed by atoms with Crippen LogP contribution in [-0.4, -0.2) is 26.4 Å². The molecule has 4 rings (SSSR count). The predicted octanol–water partition coefficient (Wildman–Crippen LogP) is 5.83. The Kier molecular flexibility index (Phi) is 7.40. The smallest absolute Gasteiger partial charge is 0.261 e. The number of hydrogen-bond donors (Lipinski definition) is 1. The zero-order valence-corrected chi connectivity index (χ0v) is 18.9. The Hall–Kier alpha value is -2.08. The van der Waals surface area contributed by atoms with Crippen LogP contribution in [-0.2, 0) is 16.6 Å². The standard InChI is InChI=1S/C24H28N2O2S.ClH/c1-26(22-12-3-2-4-13-22)18-21-11-7-8-14-24(21)25-29(27,28)23-16-15-19-9-5-6-10-20(19)17-23;/h5-11,14-17,22,25H,2-4,12-13,18H2,1H3;1H. The molecule has 0 spiro atoms. The van der Waals surface area contributed by atoms with Crippen LogP contribution in [0.1, 0.15) is 37.7 Å². The SMILES string of the molecule is CN(Cc1ccccc1NS(=O)(=O)c1ccc2ccccc2c1)C1CCCCC1.Cl. The van der Waals surface area contributed by atoms with Crippen molar-refractivity contribution in [2.24, 2.45) is 0 Å². The molecule has 0 bridgehead atoms. The quantitative estimate of drug-likeness (QED) is 0.520. The minimum atomic E-state index is -3.66. The van der Waals surface area contributed by atoms with Gasteiger partial charge in [0.1, 0.15) is 0 Å². The molecule has 0 radical (unpaired) electrons. The second-order valence-corrected chi connectivity index (χ2v) is 9.66. The van der Waals surface area contributed by atoms with Crippen LogP contribution in [0.15, 0.2) is 71.6 Å². The highest BCUT2D eigenvalue weighted by atomic mass is 35.5. The van der Waals surface area contributed by atoms with E-state index in [2.05, 4.69) is 16.7 Å². The fourth-order valence-corrected chi connectivity index (χ4v) is 5.35. The fraction of sp³-hybridized carbons (Fsp3) is 0.333. The van der Waals surface area contributed by atoms with Crippen LogP contribution in [0.3, 0.4) is 0 Å². The first-order chi connectivity index (χ1) is 14.0. The number of nitrogens with one attached hydrogen (secondary N) is 1. The lowest BCUT2D eigenvalue weighted by atomic mass is 9.94. The maximum atomic E-state index is 13.1. The minimum Gasteiger partial charge on any atom is -0.299 e. The van der Waals surface area contributed by atoms with Crippen molar-refractivity contribution in [2.75, 3.05) is 11.8 Å². The van der Waals surface area contributed by atoms with Crippen LogP contribution in [0.25, 0.3) is 10.8 Å². The van der Waals surface area contributed by atoms with Crippen molar-refractivity contribution in [2.45, 2.75) is 49.6 Å². The number of nitrogens with zero attached hydrogens (tertiary/aromatic N) is 1. The van der Waals surface area contributed by atoms with E-state index in [4.69, 9.17) is 0 Å². The van der Waals surface area contributed by atoms with E-state index in [1.165, 1.54) is 32.1 Å². The van der Waals surface area contributed by atoms with E-state index in [-0.39, 0.29) is 17.3 Å². The van der Waals surface area contributed by atoms with Crippen LogP contribution in [0.2, 0.25) is 0 Å². The van der Waals surface area contributed by atoms with Gasteiger partial charge in [-0.3, -0.25) is 9.62 Å². The van der Waals surface area contributed by atoms with Gasteiger partial charge in [0.05, 0.1) is 10.6 Å². The summed E-state index contributed by atoms with van der Waals surface area (Å²) in [6.45, 7) is 0.737. The van der Waals surface area contributed by atoms with E-state index in [0.717, 1.165) is 22.9 Å². The van der Waals surface area contributed by atoms with E-state index < -0.39 is 10.0 Å². The summed E-state index contributed by atoms with van der Waals surface area (Å²) in [7, 11) is -1.51. The van der Waals surface area contributed by atoms with Crippen molar-refractivity contribution in [3.63, 3.8) is 0 Å². The first-order valence-electron chi connectivity index (χ1n) is 10.3. The molecule has 4 nitrogen and oxygen atoms in total. The highest BCUT2D eigenvalue weighted by Crippen LogP contribution is 2.27. The third kappa shape index (κ3) is 5.15. The molecule has 0 amide bonds. The van der Waals surface area contributed by atoms with E-state index in [9.17, 15) is 8.42 Å². The lowest BCUT2D eigenvalue weighted by Gasteiger charge is -2.31. The number of benzene rings is 3. The fourth-order valence-electron chi connectivity index (χ4n) is 4.22. The van der Waals surface area contributed by atoms with Gasteiger partial charge in [-0.25, -0.2) is 8.42 Å². The average Bonchev–Trinajstić information content (AvgIpc) is 2.75. The number of anilines is 1. The second-order valence-electron chi connectivity index (χ2n) is 7.98. The van der Waals surface area contributed by atoms with Gasteiger partial charge in [-0.2, -0.15) is 0 Å². The van der Waals surface area contributed by atoms with Gasteiger partial charge in [-0.15, -0.1) is 12.4 Å². The Balaban J connectivity index is 0.00000256. The van der Waals surface area contributed by atoms with Gasteiger partial charge < -0.3 is 0 Å². The largest absolute Gasteiger partial charge is 0.299 e. The highest BCUT2D eigenvalue weighted by molar-refractivity contribution is 7.92. The molecule has 0 heterocycles. The number of sulfonamides is 1. The average molecular weight is 445 g/mol. The van der Waals surface area contributed by atoms with Gasteiger partial charge in [0.2, 0.25) is 0 Å². The predicted molar refractivity (Wildman–Crippen MR) is 127 cm³/mol. The van der Waals surface area contributed by atoms with Crippen molar-refractivity contribution >= 4 is 38.9 Å². The summed E-state index contributed by atoms with van der Waals surface area (Å²) >= 11 is 0. The highest BCUT2D eigenvalue weighted by Gasteiger charge is 2.20. The van der Waals surface area contributed by atoms with E-state index >= 15 is 0 Å². The van der Waals surface area contributed by atoms with Crippen LogP contribution in [0, 0.1) is 0 Å². The third-order valence-electron chi connectivity index (χ3n) is 5.91. The van der Waals surface area contributed by atoms with Crippen molar-refractivity contribution in [1.82, 2.24) is 4.90 Å². The number of rotatable bonds is 6. The maximum absolute atomic E-state index is 13.1. The molecule has 3 aromatic carbocycles. The zero-order chi connectivity index (χ0) is 20.3. The minimum absolute atomic E-state index is 0. The Labute approximate surface area is 185 Å². The van der Waals surface area contributed by atoms with Crippen LogP contribution in [0.4, 0.5) is 5.69 Å². The molecule has 6 heteroatoms. The van der Waals surface area contributed by atoms with E-state index in [1.54, 1.807) is 12.1 Å². The summed E-state index contributed by atoms with van der Waals surface area (Å²) in [4.78, 5) is 2.65. The molecule has 0 aliphatic heterocycles. The molecule has 30 heavy (non-hydrogen) atoms. The van der Waals surface area contributed by atoms with Gasteiger partial charge in [0, 0.05) is 12.6 Å². The molecule has 1 saturated carbocycles. The summed E-state index contributed by atoms with van der Waals surface area (Å²) < 4.78 is 28.9. The Morgan fingerprint density at radius 3 is 2.33 bits per heavy atom. The Bertz CT molecular complexity index is 1100. The molecule has 0 atom stereocenters. The van der Waals surface area contributed by atoms with Crippen LogP contribution >= 0.6 is 12.4 Å². The second kappa shape index (κ2) is 9.82. The van der Waals surface area contributed by atoms with Gasteiger partial charge in [-0.1, -0.05) is 67.8 Å². The molecule has 0 unspecified atom stereocenters. The van der Waals surface area contributed by atoms with Crippen LogP contribution in [0.5, 0.6) is 0 Å². The normalized spacial score (nSPS) is 15.1. The van der Waals surface area contributed by atoms with Crippen molar-refractivity contribution in [3.05, 3.63) is 72.3 Å². The third-order valence-corrected chi connectivity index (χ3v) is 7.27. The van der Waals surface area contributed by atoms with E-state index in [1.807, 2.05) is 54.6 Å². The number of hydrogen-bond acceptors (Lipinski definition) is 3. The zero-order valence-electron chi connectivity index (χ0n) is 17.3. The Morgan fingerprint density at radius 1 is 0.900 bits per heavy atom. The van der Waals surface area contributed by atoms with E-state index in [0.29, 0.717) is 11.7 Å². The van der Waals surface area contributed by atoms with Crippen molar-refractivity contribution in [3.8, 4) is 0 Å². The molecular formula is C24H29ClN2O2S. The molecule has 1 fully saturated rings. The van der Waals surface area contributed by atoms with Gasteiger partial charge in [0.15, 0.2) is 0 Å². The monoisotopic (exact) mass is 444 g/mol. The first-order valence-corrected chi connectivity index (χ1v) is 11.8. The summed E-state index contributed by atoms with van der Waals surface area (Å²) in [6, 6.07) is 21.3. The van der Waals surface area contributed by atoms with Crippen molar-refractivity contribution in [1.29, 1.82) is 0 Å². The van der Waals surface area contributed by atoms with Crippen molar-refractivity contribution < 1.29 is 8.42 Å². The summed E-state index contributed by atoms with van der Waals surface area (Å²) in [5.41, 5.74) is 1.66. The molecule has 3 aromatic rings. The molecule has 1 aliphatic carbocycles. The molecule has 0 saturated heterocycles. The van der Waals surface area contributed by atoms with Gasteiger partial charge >= 0.3 is 0 Å². The molecule has 1 N–H and O–H groups in total. The number of fused-ring (bicyclic) bond motifs is 1. The maximum Gasteiger partial charge on any atom is 0.261 e. The molecular weight excluding hydrogens is 416 g/mol. The summed E-state index contributed by atoms with van der Waals surface area (Å²) in [5, 5.41) is 1.95. The molecule has 1 aliphatic rings. The lowest BCUT2D eigenvalue weighted by molar-refractivity contribution is 0.185. The summed E-state index contributed by atoms with van der Waals surface area (Å²) in [6.07, 6.45) is 6.34. The molecule has 160 valence electrons. The number of para-hydroxylation sites is 1. The summed E-state index contributed by atoms with van der Waals surface area (Å²) in [5.74, 6) is 0. The van der Waals surface area contributed by atoms with Gasteiger partial charge in [0.25, 0.3) is 10.0 Å². The van der Waals surface area contributed by atoms with Gasteiger partial charge in [-0.05, 0) is 54.4 Å². The first kappa shape index (κ1) is 22.6. The number of halogens is 1. The topological polar surface area (TPSA) is 49.4 Å². The van der Waals surface area contributed by atoms with Crippen LogP contribution < -0.4 is 4.72 Å². The lowest BCUT2D eigenvalue weighted by Crippen LogP contribution is -2.33. The molecule has 0 aromatic heterocycles.